The number of rotatable bonds is 8. The van der Waals surface area contributed by atoms with Crippen LogP contribution in [-0.4, -0.2) is 27.1 Å². The summed E-state index contributed by atoms with van der Waals surface area (Å²) in [4.78, 5) is 15.7. The number of nitrogens with zero attached hydrogens (tertiary/aromatic N) is 3. The Kier molecular flexibility index (Phi) is 5.71. The fourth-order valence-electron chi connectivity index (χ4n) is 1.55. The molecule has 2 N–H and O–H groups in total. The Morgan fingerprint density at radius 1 is 1.50 bits per heavy atom. The molecule has 1 rings (SSSR count). The van der Waals surface area contributed by atoms with Gasteiger partial charge in [-0.1, -0.05) is 6.92 Å². The Labute approximate surface area is 96.0 Å². The van der Waals surface area contributed by atoms with E-state index in [1.165, 1.54) is 6.33 Å². The Morgan fingerprint density at radius 2 is 2.31 bits per heavy atom. The van der Waals surface area contributed by atoms with Crippen molar-refractivity contribution in [1.82, 2.24) is 14.8 Å². The maximum absolute atomic E-state index is 11.6. The highest BCUT2D eigenvalue weighted by Gasteiger charge is 2.09. The minimum absolute atomic E-state index is 0.221. The van der Waals surface area contributed by atoms with Gasteiger partial charge in [-0.3, -0.25) is 4.79 Å². The highest BCUT2D eigenvalue weighted by molar-refractivity contribution is 5.80. The number of hydrogen-bond acceptors (Lipinski definition) is 4. The Balaban J connectivity index is 2.39. The number of ketones is 1. The van der Waals surface area contributed by atoms with Crippen LogP contribution in [0.25, 0.3) is 0 Å². The molecular formula is C11H20N4O. The predicted molar refractivity (Wildman–Crippen MR) is 61.9 cm³/mol. The van der Waals surface area contributed by atoms with Crippen molar-refractivity contribution in [2.75, 3.05) is 6.54 Å². The van der Waals surface area contributed by atoms with Gasteiger partial charge in [-0.2, -0.15) is 5.10 Å². The van der Waals surface area contributed by atoms with E-state index in [4.69, 9.17) is 5.73 Å². The van der Waals surface area contributed by atoms with Crippen molar-refractivity contribution in [3.63, 3.8) is 0 Å². The van der Waals surface area contributed by atoms with Crippen LogP contribution in [0.3, 0.4) is 0 Å². The van der Waals surface area contributed by atoms with Gasteiger partial charge < -0.3 is 5.73 Å². The van der Waals surface area contributed by atoms with Crippen molar-refractivity contribution in [3.05, 3.63) is 12.2 Å². The molecule has 0 aliphatic heterocycles. The smallest absolute Gasteiger partial charge is 0.140 e. The van der Waals surface area contributed by atoms with E-state index in [-0.39, 0.29) is 5.78 Å². The molecule has 0 saturated carbocycles. The first kappa shape index (κ1) is 12.8. The van der Waals surface area contributed by atoms with E-state index in [0.717, 1.165) is 31.6 Å². The molecule has 0 amide bonds. The van der Waals surface area contributed by atoms with Gasteiger partial charge >= 0.3 is 0 Å². The summed E-state index contributed by atoms with van der Waals surface area (Å²) in [7, 11) is 0. The average molecular weight is 224 g/mol. The third kappa shape index (κ3) is 4.10. The van der Waals surface area contributed by atoms with Crippen molar-refractivity contribution in [2.24, 2.45) is 5.73 Å². The number of unbranched alkanes of at least 4 members (excludes halogenated alkanes) is 1. The number of carbonyl (C=O) groups is 1. The molecule has 1 aromatic heterocycles. The van der Waals surface area contributed by atoms with E-state index in [0.29, 0.717) is 19.4 Å². The van der Waals surface area contributed by atoms with Gasteiger partial charge in [0.2, 0.25) is 0 Å². The molecule has 5 nitrogen and oxygen atoms in total. The topological polar surface area (TPSA) is 73.8 Å². The first-order valence-corrected chi connectivity index (χ1v) is 5.86. The molecule has 0 bridgehead atoms. The predicted octanol–water partition coefficient (Wildman–Crippen LogP) is 0.929. The van der Waals surface area contributed by atoms with Gasteiger partial charge in [-0.25, -0.2) is 9.67 Å². The molecule has 0 aliphatic carbocycles. The fraction of sp³-hybridized carbons (Fsp3) is 0.727. The summed E-state index contributed by atoms with van der Waals surface area (Å²) in [6, 6.07) is 0. The van der Waals surface area contributed by atoms with Crippen LogP contribution in [0.5, 0.6) is 0 Å². The third-order valence-electron chi connectivity index (χ3n) is 2.40. The molecule has 1 heterocycles. The molecule has 0 saturated heterocycles. The maximum Gasteiger partial charge on any atom is 0.140 e. The molecule has 0 fully saturated rings. The second-order valence-electron chi connectivity index (χ2n) is 3.86. The van der Waals surface area contributed by atoms with Crippen LogP contribution < -0.4 is 5.73 Å². The summed E-state index contributed by atoms with van der Waals surface area (Å²) in [5.41, 5.74) is 5.38. The summed E-state index contributed by atoms with van der Waals surface area (Å²) in [5, 5.41) is 4.09. The van der Waals surface area contributed by atoms with Gasteiger partial charge in [-0.05, 0) is 25.8 Å². The molecule has 16 heavy (non-hydrogen) atoms. The number of carbonyl (C=O) groups excluding carboxylic acids is 1. The summed E-state index contributed by atoms with van der Waals surface area (Å²) in [5.74, 6) is 0.999. The molecular weight excluding hydrogens is 204 g/mol. The summed E-state index contributed by atoms with van der Waals surface area (Å²) in [6.07, 6.45) is 5.28. The van der Waals surface area contributed by atoms with Crippen LogP contribution in [0.15, 0.2) is 6.33 Å². The molecule has 90 valence electrons. The van der Waals surface area contributed by atoms with E-state index in [1.807, 2.05) is 0 Å². The quantitative estimate of drug-likeness (QED) is 0.667. The lowest BCUT2D eigenvalue weighted by Crippen LogP contribution is -2.11. The van der Waals surface area contributed by atoms with Crippen molar-refractivity contribution >= 4 is 5.78 Å². The fourth-order valence-corrected chi connectivity index (χ4v) is 1.55. The standard InChI is InChI=1S/C11H20N4O/c1-2-7-15-11(13-9-14-15)8-10(16)5-3-4-6-12/h9H,2-8,12H2,1H3. The zero-order valence-electron chi connectivity index (χ0n) is 9.85. The Hall–Kier alpha value is -1.23. The van der Waals surface area contributed by atoms with E-state index in [2.05, 4.69) is 17.0 Å². The van der Waals surface area contributed by atoms with Crippen LogP contribution in [0.1, 0.15) is 38.4 Å². The summed E-state index contributed by atoms with van der Waals surface area (Å²) < 4.78 is 1.81. The number of nitrogens with two attached hydrogens (primary N) is 1. The van der Waals surface area contributed by atoms with Gasteiger partial charge in [0.15, 0.2) is 0 Å². The number of aryl methyl sites for hydroxylation is 1. The largest absolute Gasteiger partial charge is 0.330 e. The number of Topliss-reactive ketones (excluding diaryl/α,β-unsaturated/α-hetero) is 1. The van der Waals surface area contributed by atoms with Crippen molar-refractivity contribution < 1.29 is 4.79 Å². The molecule has 1 aromatic rings. The van der Waals surface area contributed by atoms with Gasteiger partial charge in [0.1, 0.15) is 17.9 Å². The molecule has 0 aliphatic rings. The van der Waals surface area contributed by atoms with Crippen LogP contribution in [0.2, 0.25) is 0 Å². The minimum atomic E-state index is 0.221. The lowest BCUT2D eigenvalue weighted by atomic mass is 10.1. The highest BCUT2D eigenvalue weighted by atomic mass is 16.1. The number of hydrogen-bond donors (Lipinski definition) is 1. The van der Waals surface area contributed by atoms with E-state index in [1.54, 1.807) is 4.68 Å². The van der Waals surface area contributed by atoms with E-state index < -0.39 is 0 Å². The first-order chi connectivity index (χ1) is 7.77. The molecule has 0 atom stereocenters. The van der Waals surface area contributed by atoms with Gasteiger partial charge in [0.25, 0.3) is 0 Å². The minimum Gasteiger partial charge on any atom is -0.330 e. The van der Waals surface area contributed by atoms with Crippen molar-refractivity contribution in [3.8, 4) is 0 Å². The van der Waals surface area contributed by atoms with Gasteiger partial charge in [-0.15, -0.1) is 0 Å². The van der Waals surface area contributed by atoms with Gasteiger partial charge in [0.05, 0.1) is 6.42 Å². The SMILES string of the molecule is CCCn1ncnc1CC(=O)CCCCN. The Morgan fingerprint density at radius 3 is 3.00 bits per heavy atom. The number of aromatic nitrogens is 3. The van der Waals surface area contributed by atoms with Crippen LogP contribution in [-0.2, 0) is 17.8 Å². The normalized spacial score (nSPS) is 10.6. The second kappa shape index (κ2) is 7.11. The molecule has 0 aromatic carbocycles. The van der Waals surface area contributed by atoms with Gasteiger partial charge in [0, 0.05) is 13.0 Å². The highest BCUT2D eigenvalue weighted by Crippen LogP contribution is 2.02. The maximum atomic E-state index is 11.6. The summed E-state index contributed by atoms with van der Waals surface area (Å²) in [6.45, 7) is 3.55. The van der Waals surface area contributed by atoms with Crippen molar-refractivity contribution in [2.45, 2.75) is 45.6 Å². The molecule has 0 radical (unpaired) electrons. The molecule has 0 spiro atoms. The average Bonchev–Trinajstić information content (AvgIpc) is 2.67. The van der Waals surface area contributed by atoms with Crippen molar-refractivity contribution in [1.29, 1.82) is 0 Å². The Bertz CT molecular complexity index is 322. The monoisotopic (exact) mass is 224 g/mol. The van der Waals surface area contributed by atoms with E-state index >= 15 is 0 Å². The second-order valence-corrected chi connectivity index (χ2v) is 3.86. The molecule has 0 unspecified atom stereocenters. The van der Waals surface area contributed by atoms with Crippen LogP contribution in [0, 0.1) is 0 Å². The molecule has 5 heteroatoms. The van der Waals surface area contributed by atoms with Crippen LogP contribution in [0.4, 0.5) is 0 Å². The third-order valence-corrected chi connectivity index (χ3v) is 2.40. The van der Waals surface area contributed by atoms with E-state index in [9.17, 15) is 4.79 Å². The zero-order valence-corrected chi connectivity index (χ0v) is 9.85. The zero-order chi connectivity index (χ0) is 11.8. The first-order valence-electron chi connectivity index (χ1n) is 5.86. The summed E-state index contributed by atoms with van der Waals surface area (Å²) >= 11 is 0. The lowest BCUT2D eigenvalue weighted by molar-refractivity contribution is -0.118. The lowest BCUT2D eigenvalue weighted by Gasteiger charge is -2.03. The van der Waals surface area contributed by atoms with Crippen LogP contribution >= 0.6 is 0 Å².